The minimum atomic E-state index is -1.80. The second-order valence-electron chi connectivity index (χ2n) is 24.3. The van der Waals surface area contributed by atoms with Crippen LogP contribution in [-0.4, -0.2) is 140 Å². The van der Waals surface area contributed by atoms with Crippen molar-refractivity contribution in [1.82, 2.24) is 5.32 Å². The van der Waals surface area contributed by atoms with Crippen LogP contribution in [0.2, 0.25) is 0 Å². The molecule has 0 saturated carbocycles. The lowest BCUT2D eigenvalue weighted by molar-refractivity contribution is -0.359. The van der Waals surface area contributed by atoms with Crippen LogP contribution in [0.1, 0.15) is 245 Å². The largest absolute Gasteiger partial charge is 0.394 e. The summed E-state index contributed by atoms with van der Waals surface area (Å²) in [7, 11) is 0. The van der Waals surface area contributed by atoms with Gasteiger partial charge in [0.05, 0.1) is 32.0 Å². The van der Waals surface area contributed by atoms with Crippen molar-refractivity contribution in [1.29, 1.82) is 0 Å². The van der Waals surface area contributed by atoms with Crippen LogP contribution in [0.5, 0.6) is 0 Å². The number of aliphatic hydroxyl groups excluding tert-OH is 8. The van der Waals surface area contributed by atoms with Crippen LogP contribution in [0.3, 0.4) is 0 Å². The fraction of sp³-hybridized carbons (Fsp3) is 0.697. The Morgan fingerprint density at radius 1 is 0.411 bits per heavy atom. The van der Waals surface area contributed by atoms with Crippen molar-refractivity contribution in [2.75, 3.05) is 19.8 Å². The lowest BCUT2D eigenvalue weighted by Gasteiger charge is -2.46. The Labute approximate surface area is 545 Å². The van der Waals surface area contributed by atoms with Gasteiger partial charge in [-0.1, -0.05) is 270 Å². The monoisotopic (exact) mass is 1260 g/mol. The van der Waals surface area contributed by atoms with Gasteiger partial charge in [-0.15, -0.1) is 0 Å². The minimum Gasteiger partial charge on any atom is -0.394 e. The number of hydrogen-bond acceptors (Lipinski definition) is 13. The smallest absolute Gasteiger partial charge is 0.220 e. The number of unbranched alkanes of at least 4 members (excludes halogenated alkanes) is 23. The van der Waals surface area contributed by atoms with E-state index in [1.165, 1.54) is 116 Å². The predicted molar refractivity (Wildman–Crippen MR) is 368 cm³/mol. The van der Waals surface area contributed by atoms with E-state index in [0.29, 0.717) is 12.8 Å². The molecule has 0 aromatic rings. The standard InChI is InChI=1S/C76H127NO13/c1-3-5-7-9-11-13-15-17-19-20-21-22-23-24-25-26-27-28-29-30-31-32-33-34-35-36-37-38-39-40-41-42-43-44-46-48-50-52-54-56-58-60-68(81)77-64(65(80)59-57-55-53-51-49-47-45-18-16-14-12-10-8-6-4-2)63-87-75-73(86)71(84)74(67(62-79)89-75)90-76-72(85)70(83)69(82)66(61-78)88-76/h5,7,11,13,17,19,21-22,24-25,27-28,30-31,33-34,36-37,49,51,57,59,64-67,69-76,78-80,82-86H,3-4,6,8-10,12,14-16,18,20,23,26,29,32,35,38-48,50,52-56,58,60-63H2,1-2H3,(H,77,81)/b7-5-,13-11-,19-17-,22-21-,25-24-,28-27-,31-30-,34-33-,37-36-,51-49+,59-57+. The average Bonchev–Trinajstić information content (AvgIpc) is 1.58. The maximum Gasteiger partial charge on any atom is 0.220 e. The highest BCUT2D eigenvalue weighted by atomic mass is 16.7. The molecule has 2 saturated heterocycles. The van der Waals surface area contributed by atoms with Gasteiger partial charge in [0.2, 0.25) is 5.91 Å². The van der Waals surface area contributed by atoms with Gasteiger partial charge >= 0.3 is 0 Å². The number of carbonyl (C=O) groups is 1. The van der Waals surface area contributed by atoms with Gasteiger partial charge in [0.25, 0.3) is 0 Å². The average molecular weight is 1260 g/mol. The summed E-state index contributed by atoms with van der Waals surface area (Å²) < 4.78 is 22.8. The highest BCUT2D eigenvalue weighted by molar-refractivity contribution is 5.76. The molecule has 2 heterocycles. The van der Waals surface area contributed by atoms with Gasteiger partial charge in [-0.25, -0.2) is 0 Å². The summed E-state index contributed by atoms with van der Waals surface area (Å²) in [5, 5.41) is 87.3. The Morgan fingerprint density at radius 3 is 1.22 bits per heavy atom. The van der Waals surface area contributed by atoms with Crippen LogP contribution in [0.4, 0.5) is 0 Å². The molecular weight excluding hydrogens is 1130 g/mol. The van der Waals surface area contributed by atoms with E-state index in [9.17, 15) is 45.6 Å². The normalized spacial score (nSPS) is 23.8. The molecule has 514 valence electrons. The third kappa shape index (κ3) is 42.4. The lowest BCUT2D eigenvalue weighted by Crippen LogP contribution is -2.65. The molecule has 2 rings (SSSR count). The second kappa shape index (κ2) is 58.9. The number of amides is 1. The first kappa shape index (κ1) is 82.2. The zero-order valence-electron chi connectivity index (χ0n) is 55.8. The number of ether oxygens (including phenoxy) is 4. The summed E-state index contributed by atoms with van der Waals surface area (Å²) >= 11 is 0. The van der Waals surface area contributed by atoms with E-state index >= 15 is 0 Å². The fourth-order valence-electron chi connectivity index (χ4n) is 10.7. The minimum absolute atomic E-state index is 0.255. The van der Waals surface area contributed by atoms with Crippen molar-refractivity contribution in [3.8, 4) is 0 Å². The van der Waals surface area contributed by atoms with E-state index in [4.69, 9.17) is 18.9 Å². The molecule has 2 aliphatic heterocycles. The quantitative estimate of drug-likeness (QED) is 0.0204. The van der Waals surface area contributed by atoms with Crippen molar-refractivity contribution < 1.29 is 64.6 Å². The SMILES string of the molecule is CC/C=C\C/C=C\C/C=C\C/C=C\C/C=C\C/C=C\C/C=C\C/C=C\C/C=C\CCCCCCCCCCCCCCCC(=O)NC(COC1OC(CO)C(OC2OC(CO)C(O)C(O)C2O)C(O)C1O)C(O)/C=C/CC/C=C/CCCCCCCCCCC. The molecule has 2 aliphatic rings. The van der Waals surface area contributed by atoms with Crippen molar-refractivity contribution in [2.45, 2.75) is 319 Å². The lowest BCUT2D eigenvalue weighted by atomic mass is 9.97. The number of carbonyl (C=O) groups excluding carboxylic acids is 1. The number of nitrogens with one attached hydrogen (secondary N) is 1. The molecule has 1 amide bonds. The molecule has 90 heavy (non-hydrogen) atoms. The summed E-state index contributed by atoms with van der Waals surface area (Å²) in [6.07, 6.45) is 70.9. The molecule has 0 aromatic heterocycles. The highest BCUT2D eigenvalue weighted by Crippen LogP contribution is 2.30. The number of rotatable bonds is 56. The van der Waals surface area contributed by atoms with E-state index in [1.54, 1.807) is 6.08 Å². The summed E-state index contributed by atoms with van der Waals surface area (Å²) in [5.41, 5.74) is 0. The molecule has 0 aliphatic carbocycles. The molecule has 0 spiro atoms. The molecule has 12 atom stereocenters. The topological polar surface area (TPSA) is 228 Å². The Balaban J connectivity index is 1.61. The maximum atomic E-state index is 13.3. The first-order valence-electron chi connectivity index (χ1n) is 35.4. The number of hydrogen-bond donors (Lipinski definition) is 9. The third-order valence-electron chi connectivity index (χ3n) is 16.3. The maximum absolute atomic E-state index is 13.3. The van der Waals surface area contributed by atoms with Crippen LogP contribution in [0.15, 0.2) is 134 Å². The second-order valence-corrected chi connectivity index (χ2v) is 24.3. The molecule has 12 unspecified atom stereocenters. The van der Waals surface area contributed by atoms with Gasteiger partial charge in [-0.3, -0.25) is 4.79 Å². The van der Waals surface area contributed by atoms with Crippen molar-refractivity contribution in [2.24, 2.45) is 0 Å². The summed E-state index contributed by atoms with van der Waals surface area (Å²) in [5.74, 6) is -0.255. The van der Waals surface area contributed by atoms with Crippen LogP contribution in [0, 0.1) is 0 Å². The van der Waals surface area contributed by atoms with Crippen LogP contribution in [-0.2, 0) is 23.7 Å². The van der Waals surface area contributed by atoms with Crippen LogP contribution in [0.25, 0.3) is 0 Å². The van der Waals surface area contributed by atoms with Gasteiger partial charge in [0.15, 0.2) is 12.6 Å². The Morgan fingerprint density at radius 2 is 0.778 bits per heavy atom. The van der Waals surface area contributed by atoms with Gasteiger partial charge < -0.3 is 65.1 Å². The first-order valence-corrected chi connectivity index (χ1v) is 35.4. The Kier molecular flexibility index (Phi) is 53.8. The summed E-state index contributed by atoms with van der Waals surface area (Å²) in [4.78, 5) is 13.3. The molecule has 14 nitrogen and oxygen atoms in total. The Hall–Kier alpha value is -3.87. The highest BCUT2D eigenvalue weighted by Gasteiger charge is 2.51. The predicted octanol–water partition coefficient (Wildman–Crippen LogP) is 14.7. The van der Waals surface area contributed by atoms with Crippen LogP contribution >= 0.6 is 0 Å². The number of allylic oxidation sites excluding steroid dienone is 21. The molecular formula is C76H127NO13. The molecule has 0 bridgehead atoms. The molecule has 14 heteroatoms. The molecule has 0 radical (unpaired) electrons. The molecule has 0 aromatic carbocycles. The number of aliphatic hydroxyl groups is 8. The first-order chi connectivity index (χ1) is 44.1. The van der Waals surface area contributed by atoms with E-state index in [1.807, 2.05) is 6.08 Å². The summed E-state index contributed by atoms with van der Waals surface area (Å²) in [6.45, 7) is 2.65. The van der Waals surface area contributed by atoms with Crippen LogP contribution < -0.4 is 5.32 Å². The van der Waals surface area contributed by atoms with E-state index in [-0.39, 0.29) is 18.9 Å². The zero-order valence-corrected chi connectivity index (χ0v) is 55.8. The van der Waals surface area contributed by atoms with Crippen molar-refractivity contribution in [3.63, 3.8) is 0 Å². The van der Waals surface area contributed by atoms with Gasteiger partial charge in [0, 0.05) is 6.42 Å². The van der Waals surface area contributed by atoms with E-state index < -0.39 is 86.8 Å². The zero-order chi connectivity index (χ0) is 65.2. The third-order valence-corrected chi connectivity index (χ3v) is 16.3. The van der Waals surface area contributed by atoms with Gasteiger partial charge in [0.1, 0.15) is 48.8 Å². The van der Waals surface area contributed by atoms with Crippen molar-refractivity contribution >= 4 is 5.91 Å². The van der Waals surface area contributed by atoms with Gasteiger partial charge in [-0.2, -0.15) is 0 Å². The van der Waals surface area contributed by atoms with E-state index in [2.05, 4.69) is 141 Å². The Bertz CT molecular complexity index is 2020. The van der Waals surface area contributed by atoms with Crippen molar-refractivity contribution in [3.05, 3.63) is 134 Å². The van der Waals surface area contributed by atoms with Gasteiger partial charge in [-0.05, 0) is 103 Å². The molecule has 9 N–H and O–H groups in total. The van der Waals surface area contributed by atoms with E-state index in [0.717, 1.165) is 96.3 Å². The molecule has 2 fully saturated rings. The summed E-state index contributed by atoms with van der Waals surface area (Å²) in [6, 6.07) is -0.940. The fourth-order valence-corrected chi connectivity index (χ4v) is 10.7.